The van der Waals surface area contributed by atoms with Crippen LogP contribution in [0, 0.1) is 5.92 Å². The van der Waals surface area contributed by atoms with E-state index in [1.165, 1.54) is 0 Å². The molecule has 1 aliphatic carbocycles. The number of rotatable bonds is 0. The lowest BCUT2D eigenvalue weighted by Crippen LogP contribution is -2.38. The van der Waals surface area contributed by atoms with Crippen molar-refractivity contribution in [1.82, 2.24) is 0 Å². The number of hydrogen-bond donors (Lipinski definition) is 2. The zero-order valence-corrected chi connectivity index (χ0v) is 11.3. The van der Waals surface area contributed by atoms with E-state index in [1.54, 1.807) is 6.92 Å². The van der Waals surface area contributed by atoms with Crippen LogP contribution < -0.4 is 0 Å². The van der Waals surface area contributed by atoms with Crippen LogP contribution in [0.2, 0.25) is 0 Å². The van der Waals surface area contributed by atoms with E-state index in [2.05, 4.69) is 6.58 Å². The minimum atomic E-state index is -0.894. The molecular weight excluding hydrogens is 244 g/mol. The van der Waals surface area contributed by atoms with Gasteiger partial charge < -0.3 is 14.9 Å². The molecule has 4 heteroatoms. The lowest BCUT2D eigenvalue weighted by Gasteiger charge is -2.28. The molecule has 2 N–H and O–H groups in total. The van der Waals surface area contributed by atoms with Crippen LogP contribution in [0.25, 0.3) is 0 Å². The fraction of sp³-hybridized carbons (Fsp3) is 0.533. The van der Waals surface area contributed by atoms with Crippen LogP contribution >= 0.6 is 0 Å². The molecule has 19 heavy (non-hydrogen) atoms. The summed E-state index contributed by atoms with van der Waals surface area (Å²) in [5, 5.41) is 20.6. The number of hydrogen-bond acceptors (Lipinski definition) is 4. The van der Waals surface area contributed by atoms with Gasteiger partial charge in [0.25, 0.3) is 0 Å². The monoisotopic (exact) mass is 264 g/mol. The number of carbonyl (C=O) groups is 1. The number of esters is 1. The van der Waals surface area contributed by atoms with Gasteiger partial charge in [-0.25, -0.2) is 4.79 Å². The highest BCUT2D eigenvalue weighted by molar-refractivity contribution is 5.91. The first kappa shape index (κ1) is 14.0. The number of aliphatic hydroxyl groups is 2. The summed E-state index contributed by atoms with van der Waals surface area (Å²) in [5.74, 6) is -1.07. The number of allylic oxidation sites excluding steroid dienone is 2. The molecule has 0 bridgehead atoms. The molecule has 4 nitrogen and oxygen atoms in total. The van der Waals surface area contributed by atoms with Gasteiger partial charge in [-0.05, 0) is 32.3 Å². The molecule has 0 spiro atoms. The van der Waals surface area contributed by atoms with Crippen LogP contribution in [0.3, 0.4) is 0 Å². The van der Waals surface area contributed by atoms with Crippen LogP contribution in [0.5, 0.6) is 0 Å². The third kappa shape index (κ3) is 2.65. The molecule has 1 aliphatic heterocycles. The van der Waals surface area contributed by atoms with E-state index >= 15 is 0 Å². The van der Waals surface area contributed by atoms with E-state index in [9.17, 15) is 15.0 Å². The number of fused-ring (bicyclic) bond motifs is 1. The third-order valence-electron chi connectivity index (χ3n) is 3.89. The SMILES string of the molecule is C=C1C(=O)OC2C(O)C(C)=CCC=C(C)CC(O)C12. The van der Waals surface area contributed by atoms with Crippen LogP contribution in [-0.2, 0) is 9.53 Å². The van der Waals surface area contributed by atoms with Crippen molar-refractivity contribution in [2.45, 2.75) is 45.0 Å². The van der Waals surface area contributed by atoms with E-state index in [4.69, 9.17) is 4.74 Å². The topological polar surface area (TPSA) is 66.8 Å². The average molecular weight is 264 g/mol. The van der Waals surface area contributed by atoms with E-state index in [0.29, 0.717) is 12.8 Å². The Bertz CT molecular complexity index is 461. The second kappa shape index (κ2) is 5.31. The lowest BCUT2D eigenvalue weighted by molar-refractivity contribution is -0.143. The Balaban J connectivity index is 2.39. The Morgan fingerprint density at radius 3 is 2.68 bits per heavy atom. The van der Waals surface area contributed by atoms with E-state index in [-0.39, 0.29) is 5.57 Å². The van der Waals surface area contributed by atoms with Crippen molar-refractivity contribution in [3.05, 3.63) is 35.5 Å². The predicted octanol–water partition coefficient (Wildman–Crippen LogP) is 1.49. The Labute approximate surface area is 113 Å². The van der Waals surface area contributed by atoms with Gasteiger partial charge in [0, 0.05) is 5.57 Å². The number of ether oxygens (including phenoxy) is 1. The molecular formula is C15H20O4. The third-order valence-corrected chi connectivity index (χ3v) is 3.89. The highest BCUT2D eigenvalue weighted by Crippen LogP contribution is 2.36. The lowest BCUT2D eigenvalue weighted by atomic mass is 9.83. The highest BCUT2D eigenvalue weighted by atomic mass is 16.6. The molecule has 0 amide bonds. The molecule has 0 radical (unpaired) electrons. The molecule has 1 saturated heterocycles. The van der Waals surface area contributed by atoms with Crippen molar-refractivity contribution >= 4 is 5.97 Å². The van der Waals surface area contributed by atoms with E-state index < -0.39 is 30.2 Å². The Morgan fingerprint density at radius 1 is 1.32 bits per heavy atom. The fourth-order valence-corrected chi connectivity index (χ4v) is 2.69. The van der Waals surface area contributed by atoms with E-state index in [1.807, 2.05) is 19.1 Å². The molecule has 0 aromatic rings. The van der Waals surface area contributed by atoms with Crippen molar-refractivity contribution < 1.29 is 19.7 Å². The van der Waals surface area contributed by atoms with Crippen LogP contribution in [0.1, 0.15) is 26.7 Å². The number of aliphatic hydroxyl groups excluding tert-OH is 2. The standard InChI is InChI=1S/C15H20O4/c1-8-5-4-6-9(2)13(17)14-12(11(16)7-8)10(3)15(18)19-14/h5-6,11-14,16-17H,3-4,7H2,1-2H3. The maximum atomic E-state index is 11.6. The fourth-order valence-electron chi connectivity index (χ4n) is 2.69. The molecule has 4 unspecified atom stereocenters. The normalized spacial score (nSPS) is 36.2. The van der Waals surface area contributed by atoms with Gasteiger partial charge in [0.05, 0.1) is 12.0 Å². The Hall–Kier alpha value is -1.39. The second-order valence-electron chi connectivity index (χ2n) is 5.37. The maximum absolute atomic E-state index is 11.6. The predicted molar refractivity (Wildman–Crippen MR) is 71.3 cm³/mol. The summed E-state index contributed by atoms with van der Waals surface area (Å²) in [7, 11) is 0. The first-order chi connectivity index (χ1) is 8.91. The van der Waals surface area contributed by atoms with Gasteiger partial charge in [-0.3, -0.25) is 0 Å². The molecule has 2 rings (SSSR count). The molecule has 1 fully saturated rings. The van der Waals surface area contributed by atoms with Gasteiger partial charge in [0.2, 0.25) is 0 Å². The van der Waals surface area contributed by atoms with Crippen molar-refractivity contribution in [2.24, 2.45) is 5.92 Å². The second-order valence-corrected chi connectivity index (χ2v) is 5.37. The van der Waals surface area contributed by atoms with Gasteiger partial charge in [-0.15, -0.1) is 0 Å². The summed E-state index contributed by atoms with van der Waals surface area (Å²) < 4.78 is 5.19. The van der Waals surface area contributed by atoms with Crippen molar-refractivity contribution in [3.63, 3.8) is 0 Å². The molecule has 4 atom stereocenters. The quantitative estimate of drug-likeness (QED) is 0.395. The van der Waals surface area contributed by atoms with Crippen molar-refractivity contribution in [3.8, 4) is 0 Å². The molecule has 0 aromatic carbocycles. The summed E-state index contributed by atoms with van der Waals surface area (Å²) in [6.07, 6.45) is 2.69. The van der Waals surface area contributed by atoms with Crippen LogP contribution in [-0.4, -0.2) is 34.5 Å². The zero-order valence-electron chi connectivity index (χ0n) is 11.3. The molecule has 2 aliphatic rings. The van der Waals surface area contributed by atoms with Crippen LogP contribution in [0.4, 0.5) is 0 Å². The summed E-state index contributed by atoms with van der Waals surface area (Å²) in [6.45, 7) is 7.44. The summed E-state index contributed by atoms with van der Waals surface area (Å²) >= 11 is 0. The summed E-state index contributed by atoms with van der Waals surface area (Å²) in [5.41, 5.74) is 2.05. The van der Waals surface area contributed by atoms with Crippen molar-refractivity contribution in [2.75, 3.05) is 0 Å². The molecule has 0 aromatic heterocycles. The largest absolute Gasteiger partial charge is 0.455 e. The first-order valence-corrected chi connectivity index (χ1v) is 6.50. The highest BCUT2D eigenvalue weighted by Gasteiger charge is 2.46. The van der Waals surface area contributed by atoms with Crippen LogP contribution in [0.15, 0.2) is 35.5 Å². The smallest absolute Gasteiger partial charge is 0.334 e. The van der Waals surface area contributed by atoms with Crippen molar-refractivity contribution in [1.29, 1.82) is 0 Å². The number of carbonyl (C=O) groups excluding carboxylic acids is 1. The maximum Gasteiger partial charge on any atom is 0.334 e. The molecule has 0 saturated carbocycles. The molecule has 1 heterocycles. The van der Waals surface area contributed by atoms with Gasteiger partial charge in [-0.1, -0.05) is 24.3 Å². The van der Waals surface area contributed by atoms with Gasteiger partial charge in [0.15, 0.2) is 0 Å². The Kier molecular flexibility index (Phi) is 3.92. The molecule has 104 valence electrons. The first-order valence-electron chi connectivity index (χ1n) is 6.50. The Morgan fingerprint density at radius 2 is 2.00 bits per heavy atom. The average Bonchev–Trinajstić information content (AvgIpc) is 2.63. The minimum absolute atomic E-state index is 0.248. The summed E-state index contributed by atoms with van der Waals surface area (Å²) in [4.78, 5) is 11.6. The minimum Gasteiger partial charge on any atom is -0.455 e. The zero-order chi connectivity index (χ0) is 14.2. The summed E-state index contributed by atoms with van der Waals surface area (Å²) in [6, 6.07) is 0. The van der Waals surface area contributed by atoms with Gasteiger partial charge >= 0.3 is 5.97 Å². The van der Waals surface area contributed by atoms with Gasteiger partial charge in [-0.2, -0.15) is 0 Å². The van der Waals surface area contributed by atoms with E-state index in [0.717, 1.165) is 11.1 Å². The van der Waals surface area contributed by atoms with Gasteiger partial charge in [0.1, 0.15) is 12.2 Å².